The maximum Gasteiger partial charge on any atom is 0.0577 e. The first-order chi connectivity index (χ1) is 6.32. The second-order valence-electron chi connectivity index (χ2n) is 5.85. The third-order valence-electron chi connectivity index (χ3n) is 6.09. The molecule has 0 aromatic carbocycles. The lowest BCUT2D eigenvalue weighted by molar-refractivity contribution is -0.0127. The Labute approximate surface area is 77.5 Å². The molecule has 0 aromatic heterocycles. The highest BCUT2D eigenvalue weighted by molar-refractivity contribution is 5.48. The van der Waals surface area contributed by atoms with Crippen LogP contribution in [-0.4, -0.2) is 11.2 Å². The SMILES string of the molecule is C#C[C@@]12[C@@H]3[C@@H]4[C@H]3[C@@H]3C[C@H](O)[C@H]4[C@@H]1[C@H]32. The third kappa shape index (κ3) is 0.327. The molecule has 0 saturated heterocycles. The summed E-state index contributed by atoms with van der Waals surface area (Å²) < 4.78 is 0. The summed E-state index contributed by atoms with van der Waals surface area (Å²) in [7, 11) is 0. The molecule has 6 saturated carbocycles. The molecule has 13 heavy (non-hydrogen) atoms. The summed E-state index contributed by atoms with van der Waals surface area (Å²) in [4.78, 5) is 0. The van der Waals surface area contributed by atoms with Gasteiger partial charge in [0.05, 0.1) is 6.10 Å². The van der Waals surface area contributed by atoms with Crippen LogP contribution in [0.15, 0.2) is 0 Å². The topological polar surface area (TPSA) is 20.2 Å². The van der Waals surface area contributed by atoms with Crippen LogP contribution in [-0.2, 0) is 0 Å². The van der Waals surface area contributed by atoms with E-state index in [1.54, 1.807) is 0 Å². The van der Waals surface area contributed by atoms with Crippen LogP contribution in [0.1, 0.15) is 6.42 Å². The number of hydrogen-bond acceptors (Lipinski definition) is 1. The third-order valence-corrected chi connectivity index (χ3v) is 6.09. The lowest BCUT2D eigenvalue weighted by atomic mass is 9.69. The maximum atomic E-state index is 9.95. The van der Waals surface area contributed by atoms with Crippen molar-refractivity contribution >= 4 is 0 Å². The fourth-order valence-electron chi connectivity index (χ4n) is 6.13. The lowest BCUT2D eigenvalue weighted by Crippen LogP contribution is -2.39. The van der Waals surface area contributed by atoms with Crippen molar-refractivity contribution in [1.29, 1.82) is 0 Å². The van der Waals surface area contributed by atoms with E-state index in [0.717, 1.165) is 41.9 Å². The molecule has 0 aromatic rings. The van der Waals surface area contributed by atoms with Gasteiger partial charge >= 0.3 is 0 Å². The first-order valence-electron chi connectivity index (χ1n) is 5.48. The number of aliphatic hydroxyl groups is 1. The van der Waals surface area contributed by atoms with Crippen molar-refractivity contribution in [2.75, 3.05) is 0 Å². The summed E-state index contributed by atoms with van der Waals surface area (Å²) in [5, 5.41) is 9.95. The molecule has 0 amide bonds. The molecule has 1 heteroatoms. The maximum absolute atomic E-state index is 9.95. The van der Waals surface area contributed by atoms with Crippen molar-refractivity contribution in [3.8, 4) is 12.3 Å². The monoisotopic (exact) mass is 172 g/mol. The van der Waals surface area contributed by atoms with Gasteiger partial charge in [-0.15, -0.1) is 6.42 Å². The van der Waals surface area contributed by atoms with E-state index in [4.69, 9.17) is 6.42 Å². The summed E-state index contributed by atoms with van der Waals surface area (Å²) in [6.45, 7) is 0. The largest absolute Gasteiger partial charge is 0.393 e. The molecule has 0 aliphatic heterocycles. The average Bonchev–Trinajstić information content (AvgIpc) is 2.94. The van der Waals surface area contributed by atoms with E-state index in [0.29, 0.717) is 11.3 Å². The van der Waals surface area contributed by atoms with Gasteiger partial charge in [0.1, 0.15) is 0 Å². The number of fused-ring (bicyclic) bond motifs is 1. The lowest BCUT2D eigenvalue weighted by Gasteiger charge is -2.38. The first-order valence-corrected chi connectivity index (χ1v) is 5.48. The zero-order valence-electron chi connectivity index (χ0n) is 7.35. The van der Waals surface area contributed by atoms with Crippen LogP contribution in [0.4, 0.5) is 0 Å². The van der Waals surface area contributed by atoms with E-state index in [1.165, 1.54) is 0 Å². The molecule has 6 aliphatic rings. The van der Waals surface area contributed by atoms with Crippen LogP contribution < -0.4 is 0 Å². The summed E-state index contributed by atoms with van der Waals surface area (Å²) in [5.74, 6) is 8.85. The van der Waals surface area contributed by atoms with Crippen LogP contribution in [0.3, 0.4) is 0 Å². The Morgan fingerprint density at radius 2 is 2.00 bits per heavy atom. The first kappa shape index (κ1) is 6.09. The Balaban J connectivity index is 1.81. The Morgan fingerprint density at radius 1 is 1.15 bits per heavy atom. The Hall–Kier alpha value is -0.480. The van der Waals surface area contributed by atoms with Crippen LogP contribution >= 0.6 is 0 Å². The van der Waals surface area contributed by atoms with E-state index in [2.05, 4.69) is 5.92 Å². The normalized spacial score (nSPS) is 83.7. The number of aliphatic hydroxyl groups excluding tert-OH is 1. The molecular weight excluding hydrogens is 160 g/mol. The van der Waals surface area contributed by atoms with Crippen molar-refractivity contribution in [1.82, 2.24) is 0 Å². The molecule has 2 bridgehead atoms. The van der Waals surface area contributed by atoms with Gasteiger partial charge in [0.2, 0.25) is 0 Å². The Morgan fingerprint density at radius 3 is 2.54 bits per heavy atom. The molecule has 1 nitrogen and oxygen atoms in total. The van der Waals surface area contributed by atoms with E-state index in [-0.39, 0.29) is 6.10 Å². The van der Waals surface area contributed by atoms with Gasteiger partial charge in [0.25, 0.3) is 0 Å². The summed E-state index contributed by atoms with van der Waals surface area (Å²) >= 11 is 0. The Kier molecular flexibility index (Phi) is 0.601. The molecule has 9 atom stereocenters. The average molecular weight is 172 g/mol. The molecule has 0 unspecified atom stereocenters. The fraction of sp³-hybridized carbons (Fsp3) is 0.833. The fourth-order valence-corrected chi connectivity index (χ4v) is 6.13. The standard InChI is InChI=1S/C12H12O/c1-2-12-9-4-3-5(13)7(11(9)12)8-6(4)10(8)12/h1,4-11,13H,3H2/t4-,5-,6+,7+,8+,9-,10-,11+,12+/m0/s1. The number of hydrogen-bond donors (Lipinski definition) is 1. The summed E-state index contributed by atoms with van der Waals surface area (Å²) in [6.07, 6.45) is 6.80. The van der Waals surface area contributed by atoms with Gasteiger partial charge < -0.3 is 5.11 Å². The van der Waals surface area contributed by atoms with Crippen LogP contribution in [0.2, 0.25) is 0 Å². The molecule has 0 spiro atoms. The van der Waals surface area contributed by atoms with Crippen LogP contribution in [0.5, 0.6) is 0 Å². The Bertz CT molecular complexity index is 377. The van der Waals surface area contributed by atoms with Crippen LogP contribution in [0.25, 0.3) is 0 Å². The second-order valence-corrected chi connectivity index (χ2v) is 5.85. The number of terminal acetylenes is 1. The molecule has 0 heterocycles. The van der Waals surface area contributed by atoms with Crippen molar-refractivity contribution in [2.45, 2.75) is 12.5 Å². The van der Waals surface area contributed by atoms with Gasteiger partial charge in [-0.2, -0.15) is 0 Å². The van der Waals surface area contributed by atoms with Crippen molar-refractivity contribution < 1.29 is 5.11 Å². The van der Waals surface area contributed by atoms with Crippen molar-refractivity contribution in [2.24, 2.45) is 46.8 Å². The van der Waals surface area contributed by atoms with E-state index in [9.17, 15) is 5.11 Å². The minimum atomic E-state index is 0.00947. The molecule has 6 fully saturated rings. The van der Waals surface area contributed by atoms with Crippen LogP contribution in [0, 0.1) is 59.2 Å². The predicted octanol–water partition coefficient (Wildman–Crippen LogP) is 0.738. The molecule has 66 valence electrons. The van der Waals surface area contributed by atoms with E-state index < -0.39 is 0 Å². The summed E-state index contributed by atoms with van der Waals surface area (Å²) in [6, 6.07) is 0. The highest BCUT2D eigenvalue weighted by Gasteiger charge is 2.96. The zero-order valence-corrected chi connectivity index (χ0v) is 7.35. The summed E-state index contributed by atoms with van der Waals surface area (Å²) in [5.41, 5.74) is 0.322. The predicted molar refractivity (Wildman–Crippen MR) is 46.3 cm³/mol. The highest BCUT2D eigenvalue weighted by Crippen LogP contribution is 2.96. The minimum absolute atomic E-state index is 0.00947. The van der Waals surface area contributed by atoms with Gasteiger partial charge in [-0.3, -0.25) is 0 Å². The molecule has 6 aliphatic carbocycles. The quantitative estimate of drug-likeness (QED) is 0.534. The van der Waals surface area contributed by atoms with Gasteiger partial charge in [-0.1, -0.05) is 5.92 Å². The van der Waals surface area contributed by atoms with Gasteiger partial charge in [-0.05, 0) is 47.8 Å². The minimum Gasteiger partial charge on any atom is -0.393 e. The molecule has 0 radical (unpaired) electrons. The van der Waals surface area contributed by atoms with Crippen molar-refractivity contribution in [3.05, 3.63) is 0 Å². The van der Waals surface area contributed by atoms with Gasteiger partial charge in [0, 0.05) is 5.41 Å². The smallest absolute Gasteiger partial charge is 0.0577 e. The molecule has 1 N–H and O–H groups in total. The van der Waals surface area contributed by atoms with Gasteiger partial charge in [0.15, 0.2) is 0 Å². The number of rotatable bonds is 0. The van der Waals surface area contributed by atoms with Gasteiger partial charge in [-0.25, -0.2) is 0 Å². The van der Waals surface area contributed by atoms with E-state index >= 15 is 0 Å². The van der Waals surface area contributed by atoms with E-state index in [1.807, 2.05) is 0 Å². The molecule has 6 rings (SSSR count). The molecular formula is C12H12O. The second kappa shape index (κ2) is 1.28. The van der Waals surface area contributed by atoms with Crippen molar-refractivity contribution in [3.63, 3.8) is 0 Å². The zero-order chi connectivity index (χ0) is 8.53. The highest BCUT2D eigenvalue weighted by atomic mass is 16.3.